The lowest BCUT2D eigenvalue weighted by Crippen LogP contribution is -2.60. The molecule has 1 aromatic rings. The lowest BCUT2D eigenvalue weighted by molar-refractivity contribution is -0.285. The van der Waals surface area contributed by atoms with Crippen LogP contribution in [0.15, 0.2) is 24.3 Å². The van der Waals surface area contributed by atoms with Gasteiger partial charge in [0.25, 0.3) is 0 Å². The molecule has 3 atom stereocenters. The molecule has 1 heterocycles. The molecule has 0 amide bonds. The van der Waals surface area contributed by atoms with Gasteiger partial charge in [0.15, 0.2) is 5.79 Å². The Bertz CT molecular complexity index is 886. The molecule has 0 radical (unpaired) electrons. The van der Waals surface area contributed by atoms with Crippen LogP contribution in [-0.2, 0) is 20.6 Å². The number of carbonyl (C=O) groups is 1. The Labute approximate surface area is 184 Å². The lowest BCUT2D eigenvalue weighted by atomic mass is 9.46. The minimum absolute atomic E-state index is 0.0416. The zero-order valence-electron chi connectivity index (χ0n) is 19.1. The number of esters is 1. The summed E-state index contributed by atoms with van der Waals surface area (Å²) in [6.45, 7) is 10.3. The van der Waals surface area contributed by atoms with Crippen molar-refractivity contribution in [3.63, 3.8) is 0 Å². The van der Waals surface area contributed by atoms with Gasteiger partial charge in [-0.2, -0.15) is 0 Å². The van der Waals surface area contributed by atoms with E-state index in [0.717, 1.165) is 32.1 Å². The van der Waals surface area contributed by atoms with Crippen LogP contribution in [0.3, 0.4) is 0 Å². The number of ether oxygens (including phenoxy) is 4. The van der Waals surface area contributed by atoms with Gasteiger partial charge >= 0.3 is 5.97 Å². The van der Waals surface area contributed by atoms with E-state index in [1.54, 1.807) is 13.2 Å². The number of aromatic hydroxyl groups is 1. The summed E-state index contributed by atoms with van der Waals surface area (Å²) >= 11 is 0. The van der Waals surface area contributed by atoms with E-state index in [4.69, 9.17) is 18.9 Å². The van der Waals surface area contributed by atoms with Crippen LogP contribution in [0, 0.1) is 16.7 Å². The number of benzene rings is 1. The fourth-order valence-electron chi connectivity index (χ4n) is 6.51. The number of allylic oxidation sites excluding steroid dienone is 1. The number of phenols is 1. The summed E-state index contributed by atoms with van der Waals surface area (Å²) in [6.07, 6.45) is 5.46. The topological polar surface area (TPSA) is 74.2 Å². The first kappa shape index (κ1) is 22.2. The van der Waals surface area contributed by atoms with Gasteiger partial charge in [0.1, 0.15) is 11.5 Å². The zero-order chi connectivity index (χ0) is 22.4. The van der Waals surface area contributed by atoms with Gasteiger partial charge in [0, 0.05) is 17.4 Å². The number of hydrogen-bond donors (Lipinski definition) is 1. The van der Waals surface area contributed by atoms with Crippen molar-refractivity contribution in [1.29, 1.82) is 0 Å². The molecule has 4 rings (SSSR count). The Balaban J connectivity index is 1.75. The van der Waals surface area contributed by atoms with Crippen LogP contribution < -0.4 is 4.74 Å². The van der Waals surface area contributed by atoms with E-state index in [1.165, 1.54) is 18.7 Å². The molecule has 31 heavy (non-hydrogen) atoms. The lowest BCUT2D eigenvalue weighted by Gasteiger charge is -2.61. The molecule has 0 bridgehead atoms. The second-order valence-electron chi connectivity index (χ2n) is 9.68. The highest BCUT2D eigenvalue weighted by Crippen LogP contribution is 2.65. The molecule has 1 saturated heterocycles. The van der Waals surface area contributed by atoms with Crippen LogP contribution in [0.5, 0.6) is 11.5 Å². The fourth-order valence-corrected chi connectivity index (χ4v) is 6.51. The van der Waals surface area contributed by atoms with Crippen molar-refractivity contribution >= 4 is 5.97 Å². The summed E-state index contributed by atoms with van der Waals surface area (Å²) in [5.41, 5.74) is 1.74. The van der Waals surface area contributed by atoms with Crippen LogP contribution in [0.1, 0.15) is 61.9 Å². The summed E-state index contributed by atoms with van der Waals surface area (Å²) in [5.74, 6) is -0.220. The van der Waals surface area contributed by atoms with E-state index in [9.17, 15) is 9.90 Å². The molecule has 3 fully saturated rings. The monoisotopic (exact) mass is 430 g/mol. The van der Waals surface area contributed by atoms with Gasteiger partial charge in [0.05, 0.1) is 33.0 Å². The maximum Gasteiger partial charge on any atom is 0.338 e. The van der Waals surface area contributed by atoms with Crippen molar-refractivity contribution in [2.75, 3.05) is 27.4 Å². The van der Waals surface area contributed by atoms with E-state index < -0.39 is 11.8 Å². The van der Waals surface area contributed by atoms with Crippen molar-refractivity contribution in [3.05, 3.63) is 35.4 Å². The van der Waals surface area contributed by atoms with Crippen LogP contribution in [-0.4, -0.2) is 44.3 Å². The zero-order valence-corrected chi connectivity index (χ0v) is 19.1. The first-order valence-electron chi connectivity index (χ1n) is 11.1. The normalized spacial score (nSPS) is 32.0. The standard InChI is InChI=1S/C25H34O6/c1-16-8-10-24(3)21(7-6-9-25(24)30-11-12-31-25)23(16,2)15-18-19(26)13-17(22(27)29-5)14-20(18)28-4/h13-14,21,26H,1,6-12,15H2,2-5H3/t21-,23+,24-/m0/s1. The van der Waals surface area contributed by atoms with E-state index >= 15 is 0 Å². The van der Waals surface area contributed by atoms with Crippen molar-refractivity contribution in [2.24, 2.45) is 16.7 Å². The number of carbonyl (C=O) groups excluding carboxylic acids is 1. The third-order valence-electron chi connectivity index (χ3n) is 8.29. The summed E-state index contributed by atoms with van der Waals surface area (Å²) in [4.78, 5) is 12.0. The predicted octanol–water partition coefficient (Wildman–Crippen LogP) is 4.64. The first-order chi connectivity index (χ1) is 14.7. The molecular formula is C25H34O6. The molecule has 2 saturated carbocycles. The van der Waals surface area contributed by atoms with E-state index in [2.05, 4.69) is 20.4 Å². The Hall–Kier alpha value is -2.05. The third kappa shape index (κ3) is 3.26. The molecule has 0 aromatic heterocycles. The second kappa shape index (κ2) is 7.82. The number of phenolic OH excluding ortho intramolecular Hbond substituents is 1. The molecule has 1 N–H and O–H groups in total. The maximum absolute atomic E-state index is 12.0. The average molecular weight is 431 g/mol. The summed E-state index contributed by atoms with van der Waals surface area (Å²) in [5, 5.41) is 10.9. The molecule has 0 unspecified atom stereocenters. The minimum Gasteiger partial charge on any atom is -0.508 e. The minimum atomic E-state index is -0.529. The molecule has 1 aliphatic heterocycles. The van der Waals surface area contributed by atoms with E-state index in [1.807, 2.05) is 0 Å². The second-order valence-corrected chi connectivity index (χ2v) is 9.68. The average Bonchev–Trinajstić information content (AvgIpc) is 3.23. The van der Waals surface area contributed by atoms with Gasteiger partial charge in [-0.3, -0.25) is 0 Å². The molecule has 1 spiro atoms. The van der Waals surface area contributed by atoms with Gasteiger partial charge in [-0.15, -0.1) is 0 Å². The summed E-state index contributed by atoms with van der Waals surface area (Å²) in [6, 6.07) is 3.10. The third-order valence-corrected chi connectivity index (χ3v) is 8.29. The molecule has 3 aliphatic rings. The highest BCUT2D eigenvalue weighted by Gasteiger charge is 2.64. The van der Waals surface area contributed by atoms with Crippen molar-refractivity contribution in [1.82, 2.24) is 0 Å². The SMILES string of the molecule is C=C1CC[C@@]2(C)[C@@H](CCCC23OCCO3)[C@]1(C)Cc1c(O)cc(C(=O)OC)cc1OC. The number of hydrogen-bond acceptors (Lipinski definition) is 6. The van der Waals surface area contributed by atoms with Gasteiger partial charge in [-0.05, 0) is 55.6 Å². The molecule has 6 heteroatoms. The molecular weight excluding hydrogens is 396 g/mol. The van der Waals surface area contributed by atoms with Crippen molar-refractivity contribution < 1.29 is 28.8 Å². The van der Waals surface area contributed by atoms with Gasteiger partial charge in [0.2, 0.25) is 0 Å². The van der Waals surface area contributed by atoms with E-state index in [0.29, 0.717) is 30.9 Å². The van der Waals surface area contributed by atoms with Crippen LogP contribution >= 0.6 is 0 Å². The maximum atomic E-state index is 12.0. The number of fused-ring (bicyclic) bond motifs is 2. The number of methoxy groups -OCH3 is 2. The van der Waals surface area contributed by atoms with Crippen LogP contribution in [0.4, 0.5) is 0 Å². The Morgan fingerprint density at radius 2 is 1.94 bits per heavy atom. The highest BCUT2D eigenvalue weighted by atomic mass is 16.7. The Kier molecular flexibility index (Phi) is 5.59. The number of rotatable bonds is 4. The first-order valence-corrected chi connectivity index (χ1v) is 11.1. The Morgan fingerprint density at radius 1 is 1.23 bits per heavy atom. The molecule has 170 valence electrons. The fraction of sp³-hybridized carbons (Fsp3) is 0.640. The van der Waals surface area contributed by atoms with Gasteiger partial charge in [-0.25, -0.2) is 4.79 Å². The van der Waals surface area contributed by atoms with Crippen molar-refractivity contribution in [2.45, 2.75) is 58.2 Å². The highest BCUT2D eigenvalue weighted by molar-refractivity contribution is 5.90. The Morgan fingerprint density at radius 3 is 2.58 bits per heavy atom. The summed E-state index contributed by atoms with van der Waals surface area (Å²) < 4.78 is 23.0. The van der Waals surface area contributed by atoms with Gasteiger partial charge in [-0.1, -0.05) is 26.0 Å². The van der Waals surface area contributed by atoms with Crippen LogP contribution in [0.2, 0.25) is 0 Å². The molecule has 1 aromatic carbocycles. The van der Waals surface area contributed by atoms with Gasteiger partial charge < -0.3 is 24.1 Å². The van der Waals surface area contributed by atoms with Crippen molar-refractivity contribution in [3.8, 4) is 11.5 Å². The van der Waals surface area contributed by atoms with E-state index in [-0.39, 0.29) is 28.1 Å². The predicted molar refractivity (Wildman–Crippen MR) is 116 cm³/mol. The molecule has 6 nitrogen and oxygen atoms in total. The smallest absolute Gasteiger partial charge is 0.338 e. The largest absolute Gasteiger partial charge is 0.508 e. The van der Waals surface area contributed by atoms with Crippen LogP contribution in [0.25, 0.3) is 0 Å². The summed E-state index contributed by atoms with van der Waals surface area (Å²) in [7, 11) is 2.87. The molecule has 2 aliphatic carbocycles. The quantitative estimate of drug-likeness (QED) is 0.554.